The van der Waals surface area contributed by atoms with Crippen molar-refractivity contribution in [2.24, 2.45) is 0 Å². The van der Waals surface area contributed by atoms with E-state index in [0.29, 0.717) is 42.8 Å². The van der Waals surface area contributed by atoms with Crippen LogP contribution in [0.1, 0.15) is 66.6 Å². The normalized spacial score (nSPS) is 22.9. The molecule has 1 heterocycles. The largest absolute Gasteiger partial charge is 0.391 e. The Morgan fingerprint density at radius 1 is 1.07 bits per heavy atom. The van der Waals surface area contributed by atoms with Crippen LogP contribution in [0.4, 0.5) is 0 Å². The van der Waals surface area contributed by atoms with Gasteiger partial charge in [0, 0.05) is 29.7 Å². The predicted molar refractivity (Wildman–Crippen MR) is 157 cm³/mol. The molecule has 1 saturated carbocycles. The Bertz CT molecular complexity index is 1290. The molecule has 0 aromatic heterocycles. The van der Waals surface area contributed by atoms with E-state index in [4.69, 9.17) is 11.6 Å². The molecule has 4 rings (SSSR count). The van der Waals surface area contributed by atoms with E-state index in [-0.39, 0.29) is 24.9 Å². The van der Waals surface area contributed by atoms with Gasteiger partial charge >= 0.3 is 0 Å². The van der Waals surface area contributed by atoms with E-state index >= 15 is 0 Å². The zero-order valence-corrected chi connectivity index (χ0v) is 24.6. The lowest BCUT2D eigenvalue weighted by molar-refractivity contribution is -0.144. The summed E-state index contributed by atoms with van der Waals surface area (Å²) in [4.78, 5) is 54.9. The number of hydrogen-bond donors (Lipinski definition) is 4. The Labute approximate surface area is 246 Å². The summed E-state index contributed by atoms with van der Waals surface area (Å²) in [5, 5.41) is 19.3. The maximum atomic E-state index is 14.1. The van der Waals surface area contributed by atoms with Crippen molar-refractivity contribution < 1.29 is 24.3 Å². The van der Waals surface area contributed by atoms with E-state index in [1.807, 2.05) is 25.1 Å². The summed E-state index contributed by atoms with van der Waals surface area (Å²) >= 11 is 6.10. The van der Waals surface area contributed by atoms with Crippen molar-refractivity contribution in [3.8, 4) is 0 Å². The first-order chi connectivity index (χ1) is 19.5. The van der Waals surface area contributed by atoms with Gasteiger partial charge in [0.25, 0.3) is 5.91 Å². The van der Waals surface area contributed by atoms with Gasteiger partial charge in [-0.3, -0.25) is 19.2 Å². The van der Waals surface area contributed by atoms with Crippen LogP contribution in [0.25, 0.3) is 0 Å². The second-order valence-corrected chi connectivity index (χ2v) is 11.8. The number of nitrogens with one attached hydrogen (secondary N) is 3. The van der Waals surface area contributed by atoms with Gasteiger partial charge in [-0.2, -0.15) is 0 Å². The van der Waals surface area contributed by atoms with Gasteiger partial charge in [0.05, 0.1) is 18.1 Å². The third-order valence-electron chi connectivity index (χ3n) is 8.13. The predicted octanol–water partition coefficient (Wildman–Crippen LogP) is 2.65. The van der Waals surface area contributed by atoms with Gasteiger partial charge in [-0.05, 0) is 87.4 Å². The SMILES string of the molecule is Cc1ccc2cc1CCCNC(=O)CN(C(=O)C1(c3ccc(Cl)cc3)CCC1)C[C@@H](C)NC(=O)[C@H]([C@@H](C)O)NC2=O. The van der Waals surface area contributed by atoms with Gasteiger partial charge in [0.2, 0.25) is 17.7 Å². The maximum Gasteiger partial charge on any atom is 0.252 e. The lowest BCUT2D eigenvalue weighted by Crippen LogP contribution is -2.58. The van der Waals surface area contributed by atoms with Crippen LogP contribution in [-0.4, -0.2) is 71.5 Å². The minimum absolute atomic E-state index is 0.0772. The van der Waals surface area contributed by atoms with Crippen LogP contribution < -0.4 is 16.0 Å². The lowest BCUT2D eigenvalue weighted by Gasteiger charge is -2.44. The van der Waals surface area contributed by atoms with Crippen LogP contribution in [0.5, 0.6) is 0 Å². The Morgan fingerprint density at radius 3 is 2.41 bits per heavy atom. The first kappa shape index (κ1) is 30.5. The number of fused-ring (bicyclic) bond motifs is 2. The van der Waals surface area contributed by atoms with Gasteiger partial charge in [-0.25, -0.2) is 0 Å². The molecule has 9 nitrogen and oxygen atoms in total. The van der Waals surface area contributed by atoms with Gasteiger partial charge < -0.3 is 26.0 Å². The zero-order valence-electron chi connectivity index (χ0n) is 23.8. The van der Waals surface area contributed by atoms with Crippen molar-refractivity contribution in [1.29, 1.82) is 0 Å². The fourth-order valence-electron chi connectivity index (χ4n) is 5.60. The molecule has 2 bridgehead atoms. The quantitative estimate of drug-likeness (QED) is 0.442. The number of hydrogen-bond acceptors (Lipinski definition) is 5. The molecule has 0 radical (unpaired) electrons. The summed E-state index contributed by atoms with van der Waals surface area (Å²) < 4.78 is 0. The zero-order chi connectivity index (χ0) is 29.7. The smallest absolute Gasteiger partial charge is 0.252 e. The molecule has 0 unspecified atom stereocenters. The average Bonchev–Trinajstić information content (AvgIpc) is 2.89. The van der Waals surface area contributed by atoms with E-state index < -0.39 is 35.4 Å². The standard InChI is InChI=1S/C31H39ClN4O5/c1-19-7-8-23-16-22(19)6-4-15-33-26(38)18-36(17-20(2)34-29(40)27(21(3)37)35-28(23)39)30(41)31(13-5-14-31)24-9-11-25(32)12-10-24/h7-12,16,20-21,27,37H,4-6,13-15,17-18H2,1-3H3,(H,33,38)(H,34,40)(H,35,39)/t20-,21-,27+/m1/s1. The number of halogens is 1. The molecule has 3 atom stereocenters. The highest BCUT2D eigenvalue weighted by Gasteiger charge is 2.48. The maximum absolute atomic E-state index is 14.1. The number of amides is 4. The van der Waals surface area contributed by atoms with Gasteiger partial charge in [0.1, 0.15) is 6.04 Å². The molecule has 1 aliphatic heterocycles. The van der Waals surface area contributed by atoms with E-state index in [1.165, 1.54) is 11.8 Å². The molecule has 0 spiro atoms. The molecule has 10 heteroatoms. The Kier molecular flexibility index (Phi) is 9.71. The summed E-state index contributed by atoms with van der Waals surface area (Å²) in [5.74, 6) is -1.50. The van der Waals surface area contributed by atoms with Gasteiger partial charge in [0.15, 0.2) is 0 Å². The fourth-order valence-corrected chi connectivity index (χ4v) is 5.73. The van der Waals surface area contributed by atoms with Crippen molar-refractivity contribution in [3.05, 3.63) is 69.7 Å². The highest BCUT2D eigenvalue weighted by Crippen LogP contribution is 2.45. The number of aliphatic hydroxyl groups excluding tert-OH is 1. The Hall–Kier alpha value is -3.43. The second kappa shape index (κ2) is 13.0. The first-order valence-corrected chi connectivity index (χ1v) is 14.6. The van der Waals surface area contributed by atoms with E-state index in [2.05, 4.69) is 16.0 Å². The van der Waals surface area contributed by atoms with Crippen LogP contribution >= 0.6 is 11.6 Å². The molecular weight excluding hydrogens is 544 g/mol. The monoisotopic (exact) mass is 582 g/mol. The number of nitrogens with zero attached hydrogens (tertiary/aromatic N) is 1. The number of aliphatic hydroxyl groups is 1. The van der Waals surface area contributed by atoms with E-state index in [9.17, 15) is 24.3 Å². The van der Waals surface area contributed by atoms with Crippen molar-refractivity contribution in [3.63, 3.8) is 0 Å². The molecule has 2 aliphatic rings. The summed E-state index contributed by atoms with van der Waals surface area (Å²) in [7, 11) is 0. The fraction of sp³-hybridized carbons (Fsp3) is 0.484. The van der Waals surface area contributed by atoms with Gasteiger partial charge in [-0.1, -0.05) is 36.2 Å². The van der Waals surface area contributed by atoms with Crippen molar-refractivity contribution >= 4 is 35.2 Å². The highest BCUT2D eigenvalue weighted by atomic mass is 35.5. The third kappa shape index (κ3) is 7.08. The molecule has 4 N–H and O–H groups in total. The van der Waals surface area contributed by atoms with Crippen LogP contribution in [-0.2, 0) is 26.2 Å². The minimum atomic E-state index is -1.20. The minimum Gasteiger partial charge on any atom is -0.391 e. The molecule has 0 saturated heterocycles. The van der Waals surface area contributed by atoms with Crippen molar-refractivity contribution in [1.82, 2.24) is 20.9 Å². The lowest BCUT2D eigenvalue weighted by atomic mass is 9.63. The Morgan fingerprint density at radius 2 is 1.78 bits per heavy atom. The van der Waals surface area contributed by atoms with Crippen LogP contribution in [0, 0.1) is 6.92 Å². The molecule has 2 aromatic carbocycles. The molecular formula is C31H39ClN4O5. The summed E-state index contributed by atoms with van der Waals surface area (Å²) in [6.45, 7) is 5.45. The third-order valence-corrected chi connectivity index (χ3v) is 8.38. The van der Waals surface area contributed by atoms with Crippen LogP contribution in [0.15, 0.2) is 42.5 Å². The van der Waals surface area contributed by atoms with Crippen LogP contribution in [0.2, 0.25) is 5.02 Å². The summed E-state index contributed by atoms with van der Waals surface area (Å²) in [6, 6.07) is 10.8. The topological polar surface area (TPSA) is 128 Å². The Balaban J connectivity index is 1.61. The molecule has 1 aliphatic carbocycles. The molecule has 41 heavy (non-hydrogen) atoms. The van der Waals surface area contributed by atoms with Crippen molar-refractivity contribution in [2.45, 2.75) is 76.5 Å². The molecule has 4 amide bonds. The average molecular weight is 583 g/mol. The molecule has 1 fully saturated rings. The number of aryl methyl sites for hydroxylation is 2. The first-order valence-electron chi connectivity index (χ1n) is 14.2. The number of rotatable bonds is 3. The number of benzene rings is 2. The molecule has 2 aromatic rings. The summed E-state index contributed by atoms with van der Waals surface area (Å²) in [6.07, 6.45) is 2.31. The van der Waals surface area contributed by atoms with Crippen molar-refractivity contribution in [2.75, 3.05) is 19.6 Å². The number of carbonyl (C=O) groups excluding carboxylic acids is 4. The van der Waals surface area contributed by atoms with E-state index in [1.54, 1.807) is 31.2 Å². The summed E-state index contributed by atoms with van der Waals surface area (Å²) in [5.41, 5.74) is 2.44. The number of carbonyl (C=O) groups is 4. The second-order valence-electron chi connectivity index (χ2n) is 11.3. The van der Waals surface area contributed by atoms with Gasteiger partial charge in [-0.15, -0.1) is 0 Å². The molecule has 220 valence electrons. The highest BCUT2D eigenvalue weighted by molar-refractivity contribution is 6.30. The van der Waals surface area contributed by atoms with E-state index in [0.717, 1.165) is 23.1 Å². The van der Waals surface area contributed by atoms with Crippen LogP contribution in [0.3, 0.4) is 0 Å².